The summed E-state index contributed by atoms with van der Waals surface area (Å²) >= 11 is 11.5. The molecule has 0 amide bonds. The number of ether oxygens (including phenoxy) is 1. The van der Waals surface area contributed by atoms with Crippen LogP contribution in [0.4, 0.5) is 4.39 Å². The summed E-state index contributed by atoms with van der Waals surface area (Å²) in [5, 5.41) is 0.291. The predicted octanol–water partition coefficient (Wildman–Crippen LogP) is 4.74. The van der Waals surface area contributed by atoms with E-state index in [-0.39, 0.29) is 15.8 Å². The molecule has 0 saturated carbocycles. The Labute approximate surface area is 113 Å². The first-order valence-electron chi connectivity index (χ1n) is 4.98. The van der Waals surface area contributed by atoms with Gasteiger partial charge in [0.05, 0.1) is 10.0 Å². The molecule has 0 N–H and O–H groups in total. The Morgan fingerprint density at radius 1 is 1.06 bits per heavy atom. The number of rotatable bonds is 3. The van der Waals surface area contributed by atoms with Gasteiger partial charge in [-0.3, -0.25) is 4.79 Å². The molecule has 2 aromatic carbocycles. The van der Waals surface area contributed by atoms with Gasteiger partial charge in [0, 0.05) is 11.6 Å². The van der Waals surface area contributed by atoms with Gasteiger partial charge in [0.2, 0.25) is 0 Å². The number of carbonyl (C=O) groups is 1. The summed E-state index contributed by atoms with van der Waals surface area (Å²) in [5.41, 5.74) is 0.439. The van der Waals surface area contributed by atoms with E-state index in [1.807, 2.05) is 0 Å². The van der Waals surface area contributed by atoms with Crippen LogP contribution < -0.4 is 4.74 Å². The number of hydrogen-bond donors (Lipinski definition) is 0. The van der Waals surface area contributed by atoms with Crippen molar-refractivity contribution in [2.24, 2.45) is 0 Å². The SMILES string of the molecule is O=Cc1ccc(Oc2ccc(Cl)c(F)c2)c(Cl)c1. The fraction of sp³-hybridized carbons (Fsp3) is 0. The third-order valence-corrected chi connectivity index (χ3v) is 2.81. The van der Waals surface area contributed by atoms with E-state index in [1.165, 1.54) is 18.2 Å². The van der Waals surface area contributed by atoms with Gasteiger partial charge in [-0.15, -0.1) is 0 Å². The van der Waals surface area contributed by atoms with Crippen molar-refractivity contribution in [1.82, 2.24) is 0 Å². The third kappa shape index (κ3) is 2.81. The lowest BCUT2D eigenvalue weighted by Crippen LogP contribution is -1.88. The van der Waals surface area contributed by atoms with Crippen LogP contribution in [0.5, 0.6) is 11.5 Å². The van der Waals surface area contributed by atoms with Gasteiger partial charge in [-0.05, 0) is 30.3 Å². The van der Waals surface area contributed by atoms with E-state index in [2.05, 4.69) is 0 Å². The quantitative estimate of drug-likeness (QED) is 0.761. The molecule has 0 saturated heterocycles. The molecule has 0 aliphatic rings. The van der Waals surface area contributed by atoms with Crippen molar-refractivity contribution in [3.63, 3.8) is 0 Å². The van der Waals surface area contributed by atoms with Crippen molar-refractivity contribution in [2.45, 2.75) is 0 Å². The van der Waals surface area contributed by atoms with Crippen LogP contribution in [0.1, 0.15) is 10.4 Å². The van der Waals surface area contributed by atoms with Gasteiger partial charge in [-0.2, -0.15) is 0 Å². The second-order valence-corrected chi connectivity index (χ2v) is 4.30. The van der Waals surface area contributed by atoms with Crippen LogP contribution in [0.25, 0.3) is 0 Å². The summed E-state index contributed by atoms with van der Waals surface area (Å²) in [7, 11) is 0. The molecule has 0 aliphatic carbocycles. The average Bonchev–Trinajstić information content (AvgIpc) is 2.36. The molecule has 0 aromatic heterocycles. The van der Waals surface area contributed by atoms with E-state index in [9.17, 15) is 9.18 Å². The molecule has 5 heteroatoms. The molecule has 2 rings (SSSR count). The van der Waals surface area contributed by atoms with E-state index in [0.29, 0.717) is 17.6 Å². The second kappa shape index (κ2) is 5.38. The number of halogens is 3. The molecule has 2 nitrogen and oxygen atoms in total. The smallest absolute Gasteiger partial charge is 0.150 e. The summed E-state index contributed by atoms with van der Waals surface area (Å²) in [6, 6.07) is 8.64. The summed E-state index contributed by atoms with van der Waals surface area (Å²) in [6.07, 6.45) is 0.678. The molecule has 0 fully saturated rings. The maximum Gasteiger partial charge on any atom is 0.150 e. The minimum Gasteiger partial charge on any atom is -0.456 e. The largest absolute Gasteiger partial charge is 0.456 e. The molecule has 0 unspecified atom stereocenters. The number of aldehydes is 1. The first-order valence-corrected chi connectivity index (χ1v) is 5.73. The molecular formula is C13H7Cl2FO2. The Morgan fingerprint density at radius 3 is 2.44 bits per heavy atom. The van der Waals surface area contributed by atoms with Crippen LogP contribution >= 0.6 is 23.2 Å². The highest BCUT2D eigenvalue weighted by Crippen LogP contribution is 2.31. The molecule has 0 atom stereocenters. The predicted molar refractivity (Wildman–Crippen MR) is 68.3 cm³/mol. The molecular weight excluding hydrogens is 278 g/mol. The van der Waals surface area contributed by atoms with E-state index >= 15 is 0 Å². The maximum absolute atomic E-state index is 13.2. The molecule has 0 heterocycles. The minimum absolute atomic E-state index is 0.0183. The monoisotopic (exact) mass is 284 g/mol. The van der Waals surface area contributed by atoms with Gasteiger partial charge in [0.15, 0.2) is 0 Å². The van der Waals surface area contributed by atoms with Crippen LogP contribution in [-0.4, -0.2) is 6.29 Å². The van der Waals surface area contributed by atoms with Crippen LogP contribution in [0.3, 0.4) is 0 Å². The van der Waals surface area contributed by atoms with Gasteiger partial charge >= 0.3 is 0 Å². The van der Waals surface area contributed by atoms with Gasteiger partial charge < -0.3 is 4.74 Å². The zero-order valence-corrected chi connectivity index (χ0v) is 10.5. The van der Waals surface area contributed by atoms with Crippen LogP contribution in [0.2, 0.25) is 10.0 Å². The molecule has 0 aliphatic heterocycles. The lowest BCUT2D eigenvalue weighted by atomic mass is 10.2. The standard InChI is InChI=1S/C13H7Cl2FO2/c14-10-3-2-9(6-12(10)16)18-13-4-1-8(7-17)5-11(13)15/h1-7H. The van der Waals surface area contributed by atoms with Gasteiger partial charge in [0.25, 0.3) is 0 Å². The lowest BCUT2D eigenvalue weighted by molar-refractivity contribution is 0.112. The van der Waals surface area contributed by atoms with Crippen molar-refractivity contribution in [3.05, 3.63) is 57.8 Å². The third-order valence-electron chi connectivity index (χ3n) is 2.21. The Balaban J connectivity index is 2.28. The fourth-order valence-corrected chi connectivity index (χ4v) is 1.69. The van der Waals surface area contributed by atoms with E-state index in [4.69, 9.17) is 27.9 Å². The number of benzene rings is 2. The van der Waals surface area contributed by atoms with E-state index < -0.39 is 5.82 Å². The second-order valence-electron chi connectivity index (χ2n) is 3.49. The zero-order chi connectivity index (χ0) is 13.1. The molecule has 0 radical (unpaired) electrons. The zero-order valence-electron chi connectivity index (χ0n) is 8.99. The molecule has 0 spiro atoms. The van der Waals surface area contributed by atoms with Crippen LogP contribution in [-0.2, 0) is 0 Å². The summed E-state index contributed by atoms with van der Waals surface area (Å²) in [5.74, 6) is 0.0384. The Hall–Kier alpha value is -1.58. The van der Waals surface area contributed by atoms with E-state index in [1.54, 1.807) is 12.1 Å². The Morgan fingerprint density at radius 2 is 1.83 bits per heavy atom. The van der Waals surface area contributed by atoms with Crippen molar-refractivity contribution < 1.29 is 13.9 Å². The normalized spacial score (nSPS) is 10.2. The highest BCUT2D eigenvalue weighted by molar-refractivity contribution is 6.32. The maximum atomic E-state index is 13.2. The fourth-order valence-electron chi connectivity index (χ4n) is 1.34. The summed E-state index contributed by atoms with van der Waals surface area (Å²) < 4.78 is 18.6. The lowest BCUT2D eigenvalue weighted by Gasteiger charge is -2.08. The summed E-state index contributed by atoms with van der Waals surface area (Å²) in [6.45, 7) is 0. The number of carbonyl (C=O) groups excluding carboxylic acids is 1. The Bertz CT molecular complexity index is 600. The summed E-state index contributed by atoms with van der Waals surface area (Å²) in [4.78, 5) is 10.5. The molecule has 2 aromatic rings. The molecule has 18 heavy (non-hydrogen) atoms. The van der Waals surface area contributed by atoms with Crippen LogP contribution in [0, 0.1) is 5.82 Å². The average molecular weight is 285 g/mol. The topological polar surface area (TPSA) is 26.3 Å². The van der Waals surface area contributed by atoms with Crippen LogP contribution in [0.15, 0.2) is 36.4 Å². The van der Waals surface area contributed by atoms with Crippen molar-refractivity contribution in [2.75, 3.05) is 0 Å². The van der Waals surface area contributed by atoms with E-state index in [0.717, 1.165) is 6.07 Å². The first kappa shape index (κ1) is 12.9. The highest BCUT2D eigenvalue weighted by Gasteiger charge is 2.06. The molecule has 0 bridgehead atoms. The minimum atomic E-state index is -0.574. The van der Waals surface area contributed by atoms with Crippen molar-refractivity contribution in [1.29, 1.82) is 0 Å². The van der Waals surface area contributed by atoms with Crippen molar-refractivity contribution >= 4 is 29.5 Å². The highest BCUT2D eigenvalue weighted by atomic mass is 35.5. The van der Waals surface area contributed by atoms with Gasteiger partial charge in [0.1, 0.15) is 23.6 Å². The van der Waals surface area contributed by atoms with Crippen molar-refractivity contribution in [3.8, 4) is 11.5 Å². The van der Waals surface area contributed by atoms with Gasteiger partial charge in [-0.1, -0.05) is 23.2 Å². The Kier molecular flexibility index (Phi) is 3.84. The number of hydrogen-bond acceptors (Lipinski definition) is 2. The molecule has 92 valence electrons. The first-order chi connectivity index (χ1) is 8.60. The van der Waals surface area contributed by atoms with Gasteiger partial charge in [-0.25, -0.2) is 4.39 Å².